The van der Waals surface area contributed by atoms with Crippen molar-refractivity contribution >= 4 is 21.5 Å². The van der Waals surface area contributed by atoms with Crippen LogP contribution in [0.3, 0.4) is 0 Å². The van der Waals surface area contributed by atoms with Crippen molar-refractivity contribution in [1.29, 1.82) is 0 Å². The van der Waals surface area contributed by atoms with Gasteiger partial charge in [0.15, 0.2) is 0 Å². The van der Waals surface area contributed by atoms with Crippen molar-refractivity contribution < 1.29 is 132 Å². The number of hydrogen-bond donors (Lipinski definition) is 0. The minimum absolute atomic E-state index is 0. The molecule has 4 rings (SSSR count). The third-order valence-corrected chi connectivity index (χ3v) is 4.65. The van der Waals surface area contributed by atoms with Gasteiger partial charge >= 0.3 is 136 Å². The van der Waals surface area contributed by atoms with Gasteiger partial charge in [0, 0.05) is 78.2 Å². The van der Waals surface area contributed by atoms with Crippen LogP contribution in [0.5, 0.6) is 11.5 Å². The Morgan fingerprint density at radius 3 is 0.786 bits per heavy atom. The molecule has 4 aromatic rings. The molecule has 0 aliphatic rings. The van der Waals surface area contributed by atoms with Gasteiger partial charge < -0.3 is 9.47 Å². The first-order chi connectivity index (χ1) is 25.8. The molecule has 56 heavy (non-hydrogen) atoms. The maximum atomic E-state index is 7.50. The van der Waals surface area contributed by atoms with E-state index in [1.54, 1.807) is 0 Å². The van der Waals surface area contributed by atoms with Gasteiger partial charge in [-0.2, -0.15) is 0 Å². The van der Waals surface area contributed by atoms with E-state index in [0.29, 0.717) is 0 Å². The summed E-state index contributed by atoms with van der Waals surface area (Å²) >= 11 is 0. The summed E-state index contributed by atoms with van der Waals surface area (Å²) in [6.07, 6.45) is 10.9. The molecule has 0 aliphatic carbocycles. The van der Waals surface area contributed by atoms with Crippen molar-refractivity contribution in [2.45, 2.75) is 0 Å². The second-order valence-electron chi connectivity index (χ2n) is 6.31. The van der Waals surface area contributed by atoms with Gasteiger partial charge in [-0.1, -0.05) is 72.5 Å². The van der Waals surface area contributed by atoms with Crippen LogP contribution in [-0.2, 0) is 123 Å². The van der Waals surface area contributed by atoms with Gasteiger partial charge in [0.1, 0.15) is 24.7 Å². The molecule has 0 bridgehead atoms. The van der Waals surface area contributed by atoms with Gasteiger partial charge in [-0.05, 0) is 33.7 Å². The van der Waals surface area contributed by atoms with Crippen molar-refractivity contribution in [3.8, 4) is 47.3 Å². The summed E-state index contributed by atoms with van der Waals surface area (Å²) in [5.41, 5.74) is 1.91. The van der Waals surface area contributed by atoms with Crippen LogP contribution in [0.1, 0.15) is 0 Å². The summed E-state index contributed by atoms with van der Waals surface area (Å²) in [7, 11) is 0. The second kappa shape index (κ2) is 87.7. The zero-order chi connectivity index (χ0) is 43.3. The van der Waals surface area contributed by atoms with Crippen molar-refractivity contribution in [2.24, 2.45) is 0 Å². The van der Waals surface area contributed by atoms with Crippen LogP contribution in [0.4, 0.5) is 0 Å². The van der Waals surface area contributed by atoms with Crippen molar-refractivity contribution in [1.82, 2.24) is 0 Å². The number of fused-ring (bicyclic) bond motifs is 2. The molecule has 0 heterocycles. The normalized spacial score (nSPS) is 5.61. The van der Waals surface area contributed by atoms with Gasteiger partial charge in [-0.3, -0.25) is 0 Å². The quantitative estimate of drug-likeness (QED) is 0.148. The van der Waals surface area contributed by atoms with E-state index in [1.165, 1.54) is 0 Å². The largest absolute Gasteiger partial charge is 0 e. The molecule has 0 aliphatic heterocycles. The second-order valence-corrected chi connectivity index (χ2v) is 6.31. The molecule has 290 valence electrons. The molecule has 0 aromatic heterocycles. The van der Waals surface area contributed by atoms with Crippen LogP contribution < -0.4 is 9.47 Å². The molecular formula is C38H18Co4O14. The molecule has 0 amide bonds. The minimum Gasteiger partial charge on any atom is 0 e. The Kier molecular flexibility index (Phi) is 138. The molecule has 4 radical (unpaired) electrons. The van der Waals surface area contributed by atoms with Crippen molar-refractivity contribution in [2.75, 3.05) is 13.2 Å². The first-order valence-electron chi connectivity index (χ1n) is 11.4. The van der Waals surface area contributed by atoms with E-state index in [2.05, 4.69) is 116 Å². The number of ether oxygens (including phenoxy) is 2. The van der Waals surface area contributed by atoms with E-state index in [-0.39, 0.29) is 80.3 Å². The van der Waals surface area contributed by atoms with Crippen LogP contribution in [-0.4, -0.2) is 13.2 Å². The summed E-state index contributed by atoms with van der Waals surface area (Å²) in [5.74, 6) is 6.54. The molecule has 0 saturated carbocycles. The Labute approximate surface area is 365 Å². The first kappa shape index (κ1) is 88.3. The first-order valence-corrected chi connectivity index (χ1v) is 11.4. The average molecular weight is 934 g/mol. The van der Waals surface area contributed by atoms with Crippen LogP contribution in [0, 0.1) is 104 Å². The summed E-state index contributed by atoms with van der Waals surface area (Å²) in [6, 6.07) is 24.4. The Balaban J connectivity index is -0.0000000520. The minimum atomic E-state index is 0. The maximum Gasteiger partial charge on any atom is 0 e. The molecule has 0 atom stereocenters. The van der Waals surface area contributed by atoms with Crippen molar-refractivity contribution in [3.05, 3.63) is 153 Å². The Hall–Kier alpha value is -4.97. The van der Waals surface area contributed by atoms with Crippen LogP contribution in [0.15, 0.2) is 72.8 Å². The summed E-state index contributed by atoms with van der Waals surface area (Å²) in [6.45, 7) is 54.4. The zero-order valence-electron chi connectivity index (χ0n) is 27.5. The smallest absolute Gasteiger partial charge is 0 e. The average Bonchev–Trinajstić information content (AvgIpc) is 3.30. The van der Waals surface area contributed by atoms with E-state index < -0.39 is 0 Å². The molecule has 0 unspecified atom stereocenters. The van der Waals surface area contributed by atoms with E-state index >= 15 is 0 Å². The monoisotopic (exact) mass is 934 g/mol. The number of rotatable bonds is 5. The number of terminal acetylenes is 2. The van der Waals surface area contributed by atoms with Gasteiger partial charge in [0.05, 0.1) is 0 Å². The van der Waals surface area contributed by atoms with E-state index in [4.69, 9.17) is 78.1 Å². The van der Waals surface area contributed by atoms with Gasteiger partial charge in [-0.25, -0.2) is 0 Å². The fourth-order valence-electron chi connectivity index (χ4n) is 3.50. The molecule has 18 heteroatoms. The van der Waals surface area contributed by atoms with Gasteiger partial charge in [0.25, 0.3) is 0 Å². The number of hydrogen-bond acceptors (Lipinski definition) is 2. The SMILES string of the molecule is C#CCOc1ccc2ccccc2c1-c1c(OCC#C)ccc2ccccc12.[C-]#[O+].[C-]#[O+].[C-]#[O+].[C-]#[O+].[C-]#[O+].[C-]#[O+].[C-]#[O+].[C-]#[O+].[C-]#[O+].[C-]#[O+].[C-]#[O+].[C-]#[O+].[Co].[Co].[Co].[Co]. The fourth-order valence-corrected chi connectivity index (χ4v) is 3.50. The molecule has 0 spiro atoms. The standard InChI is InChI=1S/C26H18O2.12CO.4Co/c1-3-17-27-23-15-13-19-9-5-7-11-21(19)25(23)26-22-12-8-6-10-20(22)14-16-24(26)28-18-4-2;12*1-2;;;;/h1-2,5-16H,17-18H2;;;;;;;;;;;;;;;;. The predicted molar refractivity (Wildman–Crippen MR) is 163 cm³/mol. The van der Waals surface area contributed by atoms with Crippen LogP contribution in [0.25, 0.3) is 32.7 Å². The van der Waals surface area contributed by atoms with Crippen LogP contribution >= 0.6 is 0 Å². The summed E-state index contributed by atoms with van der Waals surface area (Å²) in [4.78, 5) is 0. The fraction of sp³-hybridized carbons (Fsp3) is 0.0526. The Morgan fingerprint density at radius 1 is 0.357 bits per heavy atom. The van der Waals surface area contributed by atoms with Crippen LogP contribution in [0.2, 0.25) is 0 Å². The third-order valence-electron chi connectivity index (χ3n) is 4.65. The van der Waals surface area contributed by atoms with Gasteiger partial charge in [0.2, 0.25) is 0 Å². The summed E-state index contributed by atoms with van der Waals surface area (Å²) < 4.78 is 102. The third kappa shape index (κ3) is 37.3. The van der Waals surface area contributed by atoms with Gasteiger partial charge in [-0.15, -0.1) is 12.8 Å². The molecule has 0 N–H and O–H groups in total. The summed E-state index contributed by atoms with van der Waals surface area (Å²) in [5, 5.41) is 4.36. The molecular weight excluding hydrogens is 916 g/mol. The van der Waals surface area contributed by atoms with E-state index in [0.717, 1.165) is 44.2 Å². The maximum absolute atomic E-state index is 7.50. The Bertz CT molecular complexity index is 1610. The molecule has 0 fully saturated rings. The predicted octanol–water partition coefficient (Wildman–Crippen LogP) is 5.22. The number of benzene rings is 4. The molecule has 0 saturated heterocycles. The zero-order valence-corrected chi connectivity index (χ0v) is 31.7. The van der Waals surface area contributed by atoms with Crippen molar-refractivity contribution in [3.63, 3.8) is 0 Å². The molecule has 4 aromatic carbocycles. The molecule has 14 nitrogen and oxygen atoms in total. The van der Waals surface area contributed by atoms with E-state index in [1.807, 2.05) is 48.5 Å². The van der Waals surface area contributed by atoms with E-state index in [9.17, 15) is 0 Å². The Morgan fingerprint density at radius 2 is 0.571 bits per heavy atom. The topological polar surface area (TPSA) is 257 Å².